The van der Waals surface area contributed by atoms with Gasteiger partial charge >= 0.3 is 0 Å². The Morgan fingerprint density at radius 3 is 2.78 bits per heavy atom. The van der Waals surface area contributed by atoms with Crippen molar-refractivity contribution in [1.82, 2.24) is 14.8 Å². The minimum absolute atomic E-state index is 0.140. The lowest BCUT2D eigenvalue weighted by Gasteiger charge is -2.02. The molecule has 0 spiro atoms. The summed E-state index contributed by atoms with van der Waals surface area (Å²) in [7, 11) is 1.48. The molecule has 0 fully saturated rings. The number of benzene rings is 1. The molecule has 3 rings (SSSR count). The number of rotatable bonds is 3. The van der Waals surface area contributed by atoms with E-state index < -0.39 is 5.91 Å². The molecule has 6 nitrogen and oxygen atoms in total. The standard InChI is InChI=1S/C15H11ClN4O2S/c1-20-13(21)7-6-11(19-20)14(22)18-15-17-12(8-23-15)9-4-2-3-5-10(9)16/h2-8H,1H3,(H,17,18,22). The molecule has 2 heterocycles. The Morgan fingerprint density at radius 2 is 2.04 bits per heavy atom. The van der Waals surface area contributed by atoms with Crippen molar-refractivity contribution in [2.75, 3.05) is 5.32 Å². The predicted octanol–water partition coefficient (Wildman–Crippen LogP) is 2.81. The number of thiazole rings is 1. The highest BCUT2D eigenvalue weighted by molar-refractivity contribution is 7.14. The smallest absolute Gasteiger partial charge is 0.277 e. The van der Waals surface area contributed by atoms with Crippen LogP contribution in [-0.4, -0.2) is 20.7 Å². The normalized spacial score (nSPS) is 10.5. The summed E-state index contributed by atoms with van der Waals surface area (Å²) in [5, 5.41) is 9.39. The number of carbonyl (C=O) groups excluding carboxylic acids is 1. The summed E-state index contributed by atoms with van der Waals surface area (Å²) in [5.41, 5.74) is 1.34. The number of aromatic nitrogens is 3. The summed E-state index contributed by atoms with van der Waals surface area (Å²) in [6.07, 6.45) is 0. The third-order valence-corrected chi connectivity index (χ3v) is 4.15. The van der Waals surface area contributed by atoms with Crippen molar-refractivity contribution in [2.24, 2.45) is 7.05 Å². The summed E-state index contributed by atoms with van der Waals surface area (Å²) in [6.45, 7) is 0. The molecular weight excluding hydrogens is 336 g/mol. The van der Waals surface area contributed by atoms with E-state index in [1.807, 2.05) is 23.6 Å². The maximum absolute atomic E-state index is 12.1. The second-order valence-electron chi connectivity index (χ2n) is 4.65. The zero-order valence-electron chi connectivity index (χ0n) is 12.0. The van der Waals surface area contributed by atoms with E-state index in [1.54, 1.807) is 6.07 Å². The third kappa shape index (κ3) is 3.30. The molecule has 0 aliphatic heterocycles. The van der Waals surface area contributed by atoms with Gasteiger partial charge in [0.1, 0.15) is 5.69 Å². The summed E-state index contributed by atoms with van der Waals surface area (Å²) >= 11 is 7.42. The highest BCUT2D eigenvalue weighted by Crippen LogP contribution is 2.30. The molecule has 0 aliphatic rings. The van der Waals surface area contributed by atoms with Gasteiger partial charge in [-0.05, 0) is 12.1 Å². The van der Waals surface area contributed by atoms with Gasteiger partial charge in [0.25, 0.3) is 11.5 Å². The molecule has 23 heavy (non-hydrogen) atoms. The van der Waals surface area contributed by atoms with Crippen LogP contribution in [0.5, 0.6) is 0 Å². The lowest BCUT2D eigenvalue weighted by Crippen LogP contribution is -2.23. The number of hydrogen-bond acceptors (Lipinski definition) is 5. The van der Waals surface area contributed by atoms with Crippen LogP contribution in [-0.2, 0) is 7.05 Å². The van der Waals surface area contributed by atoms with Gasteiger partial charge in [-0.1, -0.05) is 29.8 Å². The molecule has 8 heteroatoms. The van der Waals surface area contributed by atoms with Crippen molar-refractivity contribution < 1.29 is 4.79 Å². The number of carbonyl (C=O) groups is 1. The highest BCUT2D eigenvalue weighted by atomic mass is 35.5. The Kier molecular flexibility index (Phi) is 4.22. The van der Waals surface area contributed by atoms with E-state index >= 15 is 0 Å². The summed E-state index contributed by atoms with van der Waals surface area (Å²) < 4.78 is 1.10. The average molecular weight is 347 g/mol. The van der Waals surface area contributed by atoms with Gasteiger partial charge in [0.2, 0.25) is 0 Å². The summed E-state index contributed by atoms with van der Waals surface area (Å²) in [4.78, 5) is 27.8. The highest BCUT2D eigenvalue weighted by Gasteiger charge is 2.13. The van der Waals surface area contributed by atoms with Crippen molar-refractivity contribution in [3.63, 3.8) is 0 Å². The Balaban J connectivity index is 1.81. The zero-order valence-corrected chi connectivity index (χ0v) is 13.6. The van der Waals surface area contributed by atoms with Gasteiger partial charge < -0.3 is 0 Å². The number of hydrogen-bond donors (Lipinski definition) is 1. The molecule has 0 atom stereocenters. The Bertz CT molecular complexity index is 935. The van der Waals surface area contributed by atoms with Crippen LogP contribution in [0.15, 0.2) is 46.6 Å². The van der Waals surface area contributed by atoms with Crippen LogP contribution in [0.4, 0.5) is 5.13 Å². The van der Waals surface area contributed by atoms with Crippen LogP contribution < -0.4 is 10.9 Å². The van der Waals surface area contributed by atoms with Crippen LogP contribution in [0.2, 0.25) is 5.02 Å². The number of nitrogens with zero attached hydrogens (tertiary/aromatic N) is 3. The molecule has 2 aromatic heterocycles. The van der Waals surface area contributed by atoms with Gasteiger partial charge in [0.05, 0.1) is 5.69 Å². The molecule has 1 N–H and O–H groups in total. The van der Waals surface area contributed by atoms with E-state index in [1.165, 1.54) is 30.5 Å². The van der Waals surface area contributed by atoms with Crippen molar-refractivity contribution >= 4 is 34.0 Å². The molecule has 0 saturated heterocycles. The lowest BCUT2D eigenvalue weighted by molar-refractivity contribution is 0.102. The van der Waals surface area contributed by atoms with Crippen molar-refractivity contribution in [1.29, 1.82) is 0 Å². The molecule has 1 amide bonds. The number of nitrogens with one attached hydrogen (secondary N) is 1. The van der Waals surface area contributed by atoms with E-state index in [0.717, 1.165) is 10.2 Å². The first-order valence-electron chi connectivity index (χ1n) is 6.61. The molecule has 0 bridgehead atoms. The van der Waals surface area contributed by atoms with Gasteiger partial charge in [-0.2, -0.15) is 5.10 Å². The van der Waals surface area contributed by atoms with Crippen molar-refractivity contribution in [3.05, 3.63) is 62.8 Å². The van der Waals surface area contributed by atoms with Gasteiger partial charge in [-0.3, -0.25) is 14.9 Å². The van der Waals surface area contributed by atoms with Crippen LogP contribution in [0.3, 0.4) is 0 Å². The molecule has 0 radical (unpaired) electrons. The monoisotopic (exact) mass is 346 g/mol. The quantitative estimate of drug-likeness (QED) is 0.791. The fraction of sp³-hybridized carbons (Fsp3) is 0.0667. The minimum Gasteiger partial charge on any atom is -0.296 e. The van der Waals surface area contributed by atoms with Crippen LogP contribution >= 0.6 is 22.9 Å². The molecule has 116 valence electrons. The number of aryl methyl sites for hydroxylation is 1. The lowest BCUT2D eigenvalue weighted by atomic mass is 10.2. The topological polar surface area (TPSA) is 76.9 Å². The van der Waals surface area contributed by atoms with E-state index in [4.69, 9.17) is 11.6 Å². The Morgan fingerprint density at radius 1 is 1.26 bits per heavy atom. The SMILES string of the molecule is Cn1nc(C(=O)Nc2nc(-c3ccccc3Cl)cs2)ccc1=O. The van der Waals surface area contributed by atoms with E-state index in [-0.39, 0.29) is 11.3 Å². The first kappa shape index (κ1) is 15.4. The summed E-state index contributed by atoms with van der Waals surface area (Å²) in [6, 6.07) is 10.0. The van der Waals surface area contributed by atoms with Gasteiger partial charge in [-0.15, -0.1) is 11.3 Å². The fourth-order valence-electron chi connectivity index (χ4n) is 1.91. The molecule has 3 aromatic rings. The first-order valence-corrected chi connectivity index (χ1v) is 7.86. The van der Waals surface area contributed by atoms with Crippen LogP contribution in [0.1, 0.15) is 10.5 Å². The van der Waals surface area contributed by atoms with Gasteiger partial charge in [-0.25, -0.2) is 9.67 Å². The van der Waals surface area contributed by atoms with Crippen LogP contribution in [0, 0.1) is 0 Å². The molecule has 0 saturated carbocycles. The maximum atomic E-state index is 12.1. The molecular formula is C15H11ClN4O2S. The average Bonchev–Trinajstić information content (AvgIpc) is 2.98. The number of amides is 1. The Labute approximate surface area is 140 Å². The maximum Gasteiger partial charge on any atom is 0.277 e. The zero-order chi connectivity index (χ0) is 16.4. The largest absolute Gasteiger partial charge is 0.296 e. The third-order valence-electron chi connectivity index (χ3n) is 3.07. The van der Waals surface area contributed by atoms with Gasteiger partial charge in [0.15, 0.2) is 5.13 Å². The van der Waals surface area contributed by atoms with Crippen molar-refractivity contribution in [2.45, 2.75) is 0 Å². The van der Waals surface area contributed by atoms with E-state index in [9.17, 15) is 9.59 Å². The van der Waals surface area contributed by atoms with E-state index in [2.05, 4.69) is 15.4 Å². The van der Waals surface area contributed by atoms with Gasteiger partial charge in [0, 0.05) is 29.1 Å². The van der Waals surface area contributed by atoms with Crippen molar-refractivity contribution in [3.8, 4) is 11.3 Å². The van der Waals surface area contributed by atoms with Crippen LogP contribution in [0.25, 0.3) is 11.3 Å². The predicted molar refractivity (Wildman–Crippen MR) is 90.0 cm³/mol. The first-order chi connectivity index (χ1) is 11.0. The van der Waals surface area contributed by atoms with E-state index in [0.29, 0.717) is 15.8 Å². The molecule has 0 unspecified atom stereocenters. The second kappa shape index (κ2) is 6.31. The Hall–Kier alpha value is -2.51. The summed E-state index contributed by atoms with van der Waals surface area (Å²) in [5.74, 6) is -0.430. The fourth-order valence-corrected chi connectivity index (χ4v) is 2.85. The number of halogens is 1. The minimum atomic E-state index is -0.430. The molecule has 1 aromatic carbocycles. The molecule has 0 aliphatic carbocycles. The second-order valence-corrected chi connectivity index (χ2v) is 5.92. The number of anilines is 1.